The van der Waals surface area contributed by atoms with Crippen LogP contribution in [0.2, 0.25) is 0 Å². The number of para-hydroxylation sites is 1. The second-order valence-electron chi connectivity index (χ2n) is 6.07. The fourth-order valence-electron chi connectivity index (χ4n) is 2.76. The van der Waals surface area contributed by atoms with Gasteiger partial charge < -0.3 is 9.63 Å². The van der Waals surface area contributed by atoms with Crippen LogP contribution in [0.15, 0.2) is 59.4 Å². The van der Waals surface area contributed by atoms with Crippen LogP contribution in [-0.4, -0.2) is 37.2 Å². The Hall–Kier alpha value is -3.32. The van der Waals surface area contributed by atoms with Gasteiger partial charge in [-0.25, -0.2) is 4.98 Å². The summed E-state index contributed by atoms with van der Waals surface area (Å²) < 4.78 is 5.33. The molecule has 26 heavy (non-hydrogen) atoms. The molecular formula is C19H17N5O2. The predicted octanol–water partition coefficient (Wildman–Crippen LogP) is 3.02. The van der Waals surface area contributed by atoms with Crippen LogP contribution in [0.5, 0.6) is 5.75 Å². The van der Waals surface area contributed by atoms with Gasteiger partial charge in [-0.15, -0.1) is 0 Å². The number of aromatic hydroxyl groups is 1. The highest BCUT2D eigenvalue weighted by atomic mass is 16.5. The van der Waals surface area contributed by atoms with Gasteiger partial charge in [0.15, 0.2) is 0 Å². The first-order chi connectivity index (χ1) is 12.7. The first kappa shape index (κ1) is 16.2. The minimum atomic E-state index is 0.186. The smallest absolute Gasteiger partial charge is 0.241 e. The molecule has 0 aliphatic carbocycles. The van der Waals surface area contributed by atoms with E-state index >= 15 is 0 Å². The summed E-state index contributed by atoms with van der Waals surface area (Å²) in [5, 5.41) is 14.9. The van der Waals surface area contributed by atoms with Gasteiger partial charge >= 0.3 is 0 Å². The zero-order valence-electron chi connectivity index (χ0n) is 14.2. The molecule has 0 aliphatic heterocycles. The van der Waals surface area contributed by atoms with Crippen LogP contribution >= 0.6 is 0 Å². The van der Waals surface area contributed by atoms with Crippen LogP contribution in [0.4, 0.5) is 0 Å². The lowest BCUT2D eigenvalue weighted by atomic mass is 10.2. The summed E-state index contributed by atoms with van der Waals surface area (Å²) >= 11 is 0. The van der Waals surface area contributed by atoms with E-state index in [2.05, 4.69) is 20.1 Å². The molecule has 0 amide bonds. The molecule has 7 heteroatoms. The van der Waals surface area contributed by atoms with Gasteiger partial charge in [-0.05, 0) is 31.3 Å². The first-order valence-electron chi connectivity index (χ1n) is 8.18. The third-order valence-electron chi connectivity index (χ3n) is 4.00. The molecule has 0 radical (unpaired) electrons. The Kier molecular flexibility index (Phi) is 4.28. The van der Waals surface area contributed by atoms with Crippen LogP contribution in [0.1, 0.15) is 11.6 Å². The second-order valence-corrected chi connectivity index (χ2v) is 6.07. The number of pyridine rings is 2. The minimum absolute atomic E-state index is 0.186. The molecule has 1 aromatic carbocycles. The Morgan fingerprint density at radius 1 is 1.00 bits per heavy atom. The van der Waals surface area contributed by atoms with E-state index in [1.54, 1.807) is 24.5 Å². The Bertz CT molecular complexity index is 1030. The van der Waals surface area contributed by atoms with Gasteiger partial charge in [-0.2, -0.15) is 4.98 Å². The Balaban J connectivity index is 1.47. The highest BCUT2D eigenvalue weighted by Crippen LogP contribution is 2.23. The van der Waals surface area contributed by atoms with E-state index in [-0.39, 0.29) is 5.75 Å². The van der Waals surface area contributed by atoms with Crippen LogP contribution in [-0.2, 0) is 13.1 Å². The lowest BCUT2D eigenvalue weighted by molar-refractivity contribution is 0.259. The van der Waals surface area contributed by atoms with Crippen molar-refractivity contribution in [3.8, 4) is 17.1 Å². The SMILES string of the molecule is CN(Cc1ccc2cccc(O)c2n1)Cc1nc(-c2ccncc2)no1. The normalized spacial score (nSPS) is 11.3. The molecule has 0 saturated heterocycles. The zero-order chi connectivity index (χ0) is 17.9. The number of benzene rings is 1. The Labute approximate surface area is 150 Å². The molecule has 4 aromatic rings. The van der Waals surface area contributed by atoms with Crippen LogP contribution < -0.4 is 0 Å². The quantitative estimate of drug-likeness (QED) is 0.593. The highest BCUT2D eigenvalue weighted by Gasteiger charge is 2.12. The maximum absolute atomic E-state index is 9.96. The Morgan fingerprint density at radius 2 is 1.85 bits per heavy atom. The van der Waals surface area contributed by atoms with E-state index in [1.807, 2.05) is 42.3 Å². The van der Waals surface area contributed by atoms with Crippen LogP contribution in [0, 0.1) is 0 Å². The summed E-state index contributed by atoms with van der Waals surface area (Å²) in [5.74, 6) is 1.26. The van der Waals surface area contributed by atoms with Crippen molar-refractivity contribution in [1.82, 2.24) is 25.0 Å². The number of rotatable bonds is 5. The van der Waals surface area contributed by atoms with Gasteiger partial charge in [0.1, 0.15) is 11.3 Å². The fraction of sp³-hybridized carbons (Fsp3) is 0.158. The average molecular weight is 347 g/mol. The Morgan fingerprint density at radius 3 is 2.69 bits per heavy atom. The summed E-state index contributed by atoms with van der Waals surface area (Å²) in [5.41, 5.74) is 2.33. The van der Waals surface area contributed by atoms with Gasteiger partial charge in [0.25, 0.3) is 0 Å². The van der Waals surface area contributed by atoms with Gasteiger partial charge in [0.05, 0.1) is 12.2 Å². The third kappa shape index (κ3) is 3.38. The molecule has 0 fully saturated rings. The molecule has 7 nitrogen and oxygen atoms in total. The molecule has 0 saturated carbocycles. The first-order valence-corrected chi connectivity index (χ1v) is 8.18. The number of phenols is 1. The monoisotopic (exact) mass is 347 g/mol. The summed E-state index contributed by atoms with van der Waals surface area (Å²) in [6.07, 6.45) is 3.39. The number of nitrogens with zero attached hydrogens (tertiary/aromatic N) is 5. The van der Waals surface area contributed by atoms with Crippen molar-refractivity contribution >= 4 is 10.9 Å². The van der Waals surface area contributed by atoms with Crippen molar-refractivity contribution in [3.05, 3.63) is 66.4 Å². The van der Waals surface area contributed by atoms with Crippen molar-refractivity contribution in [1.29, 1.82) is 0 Å². The van der Waals surface area contributed by atoms with E-state index in [9.17, 15) is 5.11 Å². The highest BCUT2D eigenvalue weighted by molar-refractivity contribution is 5.84. The number of aromatic nitrogens is 4. The van der Waals surface area contributed by atoms with Crippen molar-refractivity contribution in [2.45, 2.75) is 13.1 Å². The second kappa shape index (κ2) is 6.89. The van der Waals surface area contributed by atoms with Crippen LogP contribution in [0.25, 0.3) is 22.3 Å². The lowest BCUT2D eigenvalue weighted by Crippen LogP contribution is -2.18. The number of hydrogen-bond acceptors (Lipinski definition) is 7. The number of hydrogen-bond donors (Lipinski definition) is 1. The van der Waals surface area contributed by atoms with E-state index in [0.717, 1.165) is 16.6 Å². The largest absolute Gasteiger partial charge is 0.506 e. The summed E-state index contributed by atoms with van der Waals surface area (Å²) in [6.45, 7) is 1.09. The van der Waals surface area contributed by atoms with Crippen molar-refractivity contribution < 1.29 is 9.63 Å². The van der Waals surface area contributed by atoms with Gasteiger partial charge in [-0.3, -0.25) is 9.88 Å². The van der Waals surface area contributed by atoms with Gasteiger partial charge in [0, 0.05) is 29.9 Å². The molecule has 4 rings (SSSR count). The molecule has 0 aliphatic rings. The lowest BCUT2D eigenvalue weighted by Gasteiger charge is -2.14. The molecule has 1 N–H and O–H groups in total. The molecular weight excluding hydrogens is 330 g/mol. The van der Waals surface area contributed by atoms with Gasteiger partial charge in [0.2, 0.25) is 11.7 Å². The molecule has 0 atom stereocenters. The standard InChI is InChI=1S/C19H17N5O2/c1-24(11-15-6-5-13-3-2-4-16(25)18(13)21-15)12-17-22-19(23-26-17)14-7-9-20-10-8-14/h2-10,25H,11-12H2,1H3. The molecule has 0 unspecified atom stereocenters. The maximum atomic E-state index is 9.96. The maximum Gasteiger partial charge on any atom is 0.241 e. The molecule has 0 spiro atoms. The molecule has 3 heterocycles. The number of phenolic OH excluding ortho intramolecular Hbond substituents is 1. The molecule has 3 aromatic heterocycles. The summed E-state index contributed by atoms with van der Waals surface area (Å²) in [6, 6.07) is 13.0. The molecule has 130 valence electrons. The van der Waals surface area contributed by atoms with E-state index in [0.29, 0.717) is 30.3 Å². The van der Waals surface area contributed by atoms with Crippen molar-refractivity contribution in [2.75, 3.05) is 7.05 Å². The van der Waals surface area contributed by atoms with Crippen molar-refractivity contribution in [3.63, 3.8) is 0 Å². The molecule has 0 bridgehead atoms. The van der Waals surface area contributed by atoms with Crippen LogP contribution in [0.3, 0.4) is 0 Å². The summed E-state index contributed by atoms with van der Waals surface area (Å²) in [4.78, 5) is 15.0. The predicted molar refractivity (Wildman–Crippen MR) is 96.1 cm³/mol. The van der Waals surface area contributed by atoms with Crippen molar-refractivity contribution in [2.24, 2.45) is 0 Å². The fourth-order valence-corrected chi connectivity index (χ4v) is 2.76. The van der Waals surface area contributed by atoms with E-state index in [4.69, 9.17) is 4.52 Å². The van der Waals surface area contributed by atoms with Gasteiger partial charge in [-0.1, -0.05) is 23.4 Å². The number of fused-ring (bicyclic) bond motifs is 1. The minimum Gasteiger partial charge on any atom is -0.506 e. The summed E-state index contributed by atoms with van der Waals surface area (Å²) in [7, 11) is 1.95. The zero-order valence-corrected chi connectivity index (χ0v) is 14.2. The van der Waals surface area contributed by atoms with E-state index < -0.39 is 0 Å². The average Bonchev–Trinajstić information content (AvgIpc) is 3.11. The van der Waals surface area contributed by atoms with E-state index in [1.165, 1.54) is 0 Å². The topological polar surface area (TPSA) is 88.2 Å². The third-order valence-corrected chi connectivity index (χ3v) is 4.00.